The first-order chi connectivity index (χ1) is 4.84. The van der Waals surface area contributed by atoms with E-state index in [1.165, 1.54) is 0 Å². The molecule has 2 heteroatoms. The Morgan fingerprint density at radius 2 is 2.20 bits per heavy atom. The van der Waals surface area contributed by atoms with Gasteiger partial charge in [0.1, 0.15) is 0 Å². The van der Waals surface area contributed by atoms with E-state index in [9.17, 15) is 4.79 Å². The van der Waals surface area contributed by atoms with Crippen molar-refractivity contribution in [3.63, 3.8) is 0 Å². The van der Waals surface area contributed by atoms with Gasteiger partial charge < -0.3 is 4.90 Å². The van der Waals surface area contributed by atoms with Crippen molar-refractivity contribution in [2.75, 3.05) is 13.1 Å². The van der Waals surface area contributed by atoms with Crippen LogP contribution in [0, 0.1) is 0 Å². The normalized spacial score (nSPS) is 15.1. The molecule has 0 aliphatic carbocycles. The Kier molecular flexibility index (Phi) is 4.63. The maximum atomic E-state index is 10.6. The summed E-state index contributed by atoms with van der Waals surface area (Å²) >= 11 is 0. The lowest BCUT2D eigenvalue weighted by molar-refractivity contribution is -0.124. The molecule has 0 N–H and O–H groups in total. The Hall–Kier alpha value is -0.790. The molecule has 0 spiro atoms. The number of rotatable bonds is 1. The van der Waals surface area contributed by atoms with Gasteiger partial charge in [-0.05, 0) is 6.92 Å². The quantitative estimate of drug-likeness (QED) is 0.541. The molecule has 1 rings (SSSR count). The first-order valence-corrected chi connectivity index (χ1v) is 3.80. The van der Waals surface area contributed by atoms with Gasteiger partial charge in [-0.2, -0.15) is 0 Å². The third-order valence-corrected chi connectivity index (χ3v) is 1.28. The van der Waals surface area contributed by atoms with Gasteiger partial charge in [0.15, 0.2) is 0 Å². The minimum absolute atomic E-state index is 0.146. The van der Waals surface area contributed by atoms with Crippen LogP contribution in [0.25, 0.3) is 0 Å². The van der Waals surface area contributed by atoms with Crippen LogP contribution in [0.5, 0.6) is 0 Å². The molecule has 1 heterocycles. The van der Waals surface area contributed by atoms with E-state index < -0.39 is 0 Å². The van der Waals surface area contributed by atoms with Gasteiger partial charge >= 0.3 is 0 Å². The van der Waals surface area contributed by atoms with E-state index in [1.807, 2.05) is 26.8 Å². The summed E-state index contributed by atoms with van der Waals surface area (Å²) in [4.78, 5) is 12.4. The highest BCUT2D eigenvalue weighted by Crippen LogP contribution is 1.98. The van der Waals surface area contributed by atoms with Crippen molar-refractivity contribution in [2.24, 2.45) is 0 Å². The van der Waals surface area contributed by atoms with Crippen molar-refractivity contribution >= 4 is 5.91 Å². The van der Waals surface area contributed by atoms with Crippen LogP contribution in [0.2, 0.25) is 0 Å². The molecule has 0 atom stereocenters. The SMILES string of the molecule is CC.CCN1CC=CC1=O. The van der Waals surface area contributed by atoms with Gasteiger partial charge in [0.2, 0.25) is 5.91 Å². The van der Waals surface area contributed by atoms with E-state index in [0.29, 0.717) is 0 Å². The highest BCUT2D eigenvalue weighted by Gasteiger charge is 2.10. The first kappa shape index (κ1) is 9.21. The zero-order valence-electron chi connectivity index (χ0n) is 6.92. The second kappa shape index (κ2) is 5.03. The molecule has 1 amide bonds. The largest absolute Gasteiger partial charge is 0.336 e. The fourth-order valence-electron chi connectivity index (χ4n) is 0.761. The van der Waals surface area contributed by atoms with Crippen molar-refractivity contribution in [2.45, 2.75) is 20.8 Å². The second-order valence-electron chi connectivity index (χ2n) is 1.78. The van der Waals surface area contributed by atoms with Crippen LogP contribution in [0.1, 0.15) is 20.8 Å². The van der Waals surface area contributed by atoms with E-state index in [-0.39, 0.29) is 5.91 Å². The summed E-state index contributed by atoms with van der Waals surface area (Å²) in [5, 5.41) is 0. The third kappa shape index (κ3) is 2.21. The predicted molar refractivity (Wildman–Crippen MR) is 42.7 cm³/mol. The molecule has 0 aromatic carbocycles. The van der Waals surface area contributed by atoms with E-state index in [2.05, 4.69) is 0 Å². The van der Waals surface area contributed by atoms with E-state index >= 15 is 0 Å². The lowest BCUT2D eigenvalue weighted by Gasteiger charge is -2.10. The molecule has 0 aromatic rings. The Morgan fingerprint density at radius 3 is 2.40 bits per heavy atom. The molecule has 0 saturated carbocycles. The summed E-state index contributed by atoms with van der Waals surface area (Å²) in [6.45, 7) is 7.60. The second-order valence-corrected chi connectivity index (χ2v) is 1.78. The molecule has 58 valence electrons. The molecule has 0 aromatic heterocycles. The van der Waals surface area contributed by atoms with Gasteiger partial charge in [-0.25, -0.2) is 0 Å². The highest BCUT2D eigenvalue weighted by atomic mass is 16.2. The van der Waals surface area contributed by atoms with Crippen molar-refractivity contribution in [1.82, 2.24) is 4.90 Å². The fourth-order valence-corrected chi connectivity index (χ4v) is 0.761. The first-order valence-electron chi connectivity index (χ1n) is 3.80. The Labute approximate surface area is 62.5 Å². The number of amides is 1. The molecule has 0 saturated heterocycles. The number of carbonyl (C=O) groups is 1. The maximum Gasteiger partial charge on any atom is 0.246 e. The van der Waals surface area contributed by atoms with Crippen LogP contribution in [-0.2, 0) is 4.79 Å². The van der Waals surface area contributed by atoms with Crippen molar-refractivity contribution in [3.05, 3.63) is 12.2 Å². The van der Waals surface area contributed by atoms with Crippen molar-refractivity contribution in [3.8, 4) is 0 Å². The van der Waals surface area contributed by atoms with E-state index in [1.54, 1.807) is 11.0 Å². The third-order valence-electron chi connectivity index (χ3n) is 1.28. The molecule has 0 fully saturated rings. The summed E-state index contributed by atoms with van der Waals surface area (Å²) in [6.07, 6.45) is 3.50. The van der Waals surface area contributed by atoms with Gasteiger partial charge in [0, 0.05) is 19.2 Å². The van der Waals surface area contributed by atoms with Gasteiger partial charge in [-0.1, -0.05) is 19.9 Å². The van der Waals surface area contributed by atoms with Crippen molar-refractivity contribution < 1.29 is 4.79 Å². The smallest absolute Gasteiger partial charge is 0.246 e. The Balaban J connectivity index is 0.000000371. The molecule has 10 heavy (non-hydrogen) atoms. The molecule has 0 radical (unpaired) electrons. The topological polar surface area (TPSA) is 20.3 Å². The Bertz CT molecular complexity index is 129. The molecule has 2 nitrogen and oxygen atoms in total. The maximum absolute atomic E-state index is 10.6. The van der Waals surface area contributed by atoms with E-state index in [4.69, 9.17) is 0 Å². The summed E-state index contributed by atoms with van der Waals surface area (Å²) < 4.78 is 0. The molecule has 0 unspecified atom stereocenters. The van der Waals surface area contributed by atoms with Crippen LogP contribution in [0.15, 0.2) is 12.2 Å². The number of hydrogen-bond donors (Lipinski definition) is 0. The van der Waals surface area contributed by atoms with Gasteiger partial charge in [-0.15, -0.1) is 0 Å². The Morgan fingerprint density at radius 1 is 1.60 bits per heavy atom. The molecule has 1 aliphatic rings. The predicted octanol–water partition coefficient (Wildman–Crippen LogP) is 1.43. The average Bonchev–Trinajstić information content (AvgIpc) is 2.39. The zero-order chi connectivity index (χ0) is 7.98. The lowest BCUT2D eigenvalue weighted by Crippen LogP contribution is -2.24. The minimum atomic E-state index is 0.146. The molecular weight excluding hydrogens is 126 g/mol. The summed E-state index contributed by atoms with van der Waals surface area (Å²) in [6, 6.07) is 0. The van der Waals surface area contributed by atoms with Crippen LogP contribution in [0.3, 0.4) is 0 Å². The van der Waals surface area contributed by atoms with Crippen LogP contribution >= 0.6 is 0 Å². The monoisotopic (exact) mass is 141 g/mol. The highest BCUT2D eigenvalue weighted by molar-refractivity contribution is 5.89. The summed E-state index contributed by atoms with van der Waals surface area (Å²) in [5.74, 6) is 0.146. The zero-order valence-corrected chi connectivity index (χ0v) is 6.92. The van der Waals surface area contributed by atoms with Crippen molar-refractivity contribution in [1.29, 1.82) is 0 Å². The summed E-state index contributed by atoms with van der Waals surface area (Å²) in [5.41, 5.74) is 0. The number of nitrogens with zero attached hydrogens (tertiary/aromatic N) is 1. The lowest BCUT2D eigenvalue weighted by atomic mass is 10.6. The number of likely N-dealkylation sites (N-methyl/N-ethyl adjacent to an activating group) is 1. The molecule has 1 aliphatic heterocycles. The van der Waals surface area contributed by atoms with Gasteiger partial charge in [0.05, 0.1) is 0 Å². The van der Waals surface area contributed by atoms with Gasteiger partial charge in [-0.3, -0.25) is 4.79 Å². The number of carbonyl (C=O) groups excluding carboxylic acids is 1. The van der Waals surface area contributed by atoms with E-state index in [0.717, 1.165) is 13.1 Å². The standard InChI is InChI=1S/C6H9NO.C2H6/c1-2-7-5-3-4-6(7)8;1-2/h3-4H,2,5H2,1H3;1-2H3. The van der Waals surface area contributed by atoms with Crippen LogP contribution < -0.4 is 0 Å². The average molecular weight is 141 g/mol. The fraction of sp³-hybridized carbons (Fsp3) is 0.625. The van der Waals surface area contributed by atoms with Gasteiger partial charge in [0.25, 0.3) is 0 Å². The summed E-state index contributed by atoms with van der Waals surface area (Å²) in [7, 11) is 0. The molecular formula is C8H15NO. The van der Waals surface area contributed by atoms with Crippen LogP contribution in [-0.4, -0.2) is 23.9 Å². The molecule has 0 bridgehead atoms. The number of hydrogen-bond acceptors (Lipinski definition) is 1. The van der Waals surface area contributed by atoms with Crippen LogP contribution in [0.4, 0.5) is 0 Å². The minimum Gasteiger partial charge on any atom is -0.336 e.